The molecule has 2 aromatic rings. The van der Waals surface area contributed by atoms with E-state index < -0.39 is 11.6 Å². The van der Waals surface area contributed by atoms with Crippen molar-refractivity contribution in [2.75, 3.05) is 19.5 Å². The molecule has 0 fully saturated rings. The summed E-state index contributed by atoms with van der Waals surface area (Å²) in [5, 5.41) is 13.3. The molecule has 110 valence electrons. The minimum atomic E-state index is -1.68. The first-order chi connectivity index (χ1) is 9.98. The number of ether oxygens (including phenoxy) is 1. The van der Waals surface area contributed by atoms with Gasteiger partial charge in [0.1, 0.15) is 5.82 Å². The lowest BCUT2D eigenvalue weighted by Gasteiger charge is -2.21. The molecular formula is C16H18N2O3. The van der Waals surface area contributed by atoms with Crippen LogP contribution in [-0.2, 0) is 15.1 Å². The lowest BCUT2D eigenvalue weighted by Crippen LogP contribution is -2.33. The van der Waals surface area contributed by atoms with Gasteiger partial charge >= 0.3 is 5.97 Å². The van der Waals surface area contributed by atoms with Crippen molar-refractivity contribution in [2.45, 2.75) is 12.5 Å². The van der Waals surface area contributed by atoms with Crippen molar-refractivity contribution in [1.29, 1.82) is 0 Å². The first kappa shape index (κ1) is 15.0. The quantitative estimate of drug-likeness (QED) is 0.843. The number of methoxy groups -OCH3 is 1. The van der Waals surface area contributed by atoms with Gasteiger partial charge in [0, 0.05) is 13.2 Å². The highest BCUT2D eigenvalue weighted by molar-refractivity contribution is 5.81. The van der Waals surface area contributed by atoms with Crippen molar-refractivity contribution in [3.8, 4) is 11.1 Å². The van der Waals surface area contributed by atoms with E-state index >= 15 is 0 Å². The summed E-state index contributed by atoms with van der Waals surface area (Å²) in [4.78, 5) is 15.9. The van der Waals surface area contributed by atoms with Gasteiger partial charge in [-0.05, 0) is 41.8 Å². The molecule has 0 bridgehead atoms. The standard InChI is InChI=1S/C16H18N2O3/c1-16(20,15(19)21-3)13-6-4-5-11(9-13)12-7-8-18-14(10-12)17-2/h4-10,20H,1-3H3,(H,17,18). The molecule has 0 aliphatic heterocycles. The molecule has 0 aliphatic rings. The van der Waals surface area contributed by atoms with Crippen LogP contribution in [-0.4, -0.2) is 30.2 Å². The number of benzene rings is 1. The van der Waals surface area contributed by atoms with Crippen LogP contribution in [0.5, 0.6) is 0 Å². The highest BCUT2D eigenvalue weighted by Crippen LogP contribution is 2.28. The zero-order valence-corrected chi connectivity index (χ0v) is 12.3. The topological polar surface area (TPSA) is 71.5 Å². The molecule has 1 aromatic heterocycles. The SMILES string of the molecule is CNc1cc(-c2cccc(C(C)(O)C(=O)OC)c2)ccn1. The number of carbonyl (C=O) groups is 1. The van der Waals surface area contributed by atoms with E-state index in [-0.39, 0.29) is 0 Å². The molecule has 1 heterocycles. The van der Waals surface area contributed by atoms with E-state index in [1.807, 2.05) is 18.2 Å². The van der Waals surface area contributed by atoms with Gasteiger partial charge in [-0.1, -0.05) is 18.2 Å². The van der Waals surface area contributed by atoms with Crippen LogP contribution in [0, 0.1) is 0 Å². The smallest absolute Gasteiger partial charge is 0.342 e. The van der Waals surface area contributed by atoms with Crippen LogP contribution in [0.25, 0.3) is 11.1 Å². The molecule has 2 N–H and O–H groups in total. The number of nitrogens with one attached hydrogen (secondary N) is 1. The van der Waals surface area contributed by atoms with Gasteiger partial charge in [-0.25, -0.2) is 9.78 Å². The largest absolute Gasteiger partial charge is 0.467 e. The number of hydrogen-bond acceptors (Lipinski definition) is 5. The Morgan fingerprint density at radius 2 is 2.00 bits per heavy atom. The van der Waals surface area contributed by atoms with Crippen LogP contribution in [0.2, 0.25) is 0 Å². The van der Waals surface area contributed by atoms with Crippen LogP contribution in [0.15, 0.2) is 42.6 Å². The molecule has 5 nitrogen and oxygen atoms in total. The Bertz CT molecular complexity index is 653. The van der Waals surface area contributed by atoms with Gasteiger partial charge in [-0.15, -0.1) is 0 Å². The lowest BCUT2D eigenvalue weighted by molar-refractivity contribution is -0.161. The Morgan fingerprint density at radius 3 is 2.67 bits per heavy atom. The first-order valence-electron chi connectivity index (χ1n) is 6.54. The van der Waals surface area contributed by atoms with Gasteiger partial charge in [0.05, 0.1) is 7.11 Å². The molecule has 0 amide bonds. The average Bonchev–Trinajstić information content (AvgIpc) is 2.54. The van der Waals surface area contributed by atoms with E-state index in [2.05, 4.69) is 15.0 Å². The second-order valence-electron chi connectivity index (χ2n) is 4.82. The van der Waals surface area contributed by atoms with E-state index in [1.165, 1.54) is 14.0 Å². The second kappa shape index (κ2) is 5.93. The molecule has 0 saturated carbocycles. The van der Waals surface area contributed by atoms with E-state index in [9.17, 15) is 9.90 Å². The third-order valence-corrected chi connectivity index (χ3v) is 3.36. The maximum Gasteiger partial charge on any atom is 0.342 e. The molecule has 0 radical (unpaired) electrons. The van der Waals surface area contributed by atoms with Gasteiger partial charge in [0.15, 0.2) is 5.60 Å². The molecule has 21 heavy (non-hydrogen) atoms. The van der Waals surface area contributed by atoms with Crippen LogP contribution >= 0.6 is 0 Å². The van der Waals surface area contributed by atoms with Crippen LogP contribution in [0.1, 0.15) is 12.5 Å². The minimum absolute atomic E-state index is 0.481. The maximum absolute atomic E-state index is 11.7. The molecule has 5 heteroatoms. The predicted octanol–water partition coefficient (Wildman–Crippen LogP) is 2.17. The number of anilines is 1. The Morgan fingerprint density at radius 1 is 1.29 bits per heavy atom. The van der Waals surface area contributed by atoms with Gasteiger partial charge in [0.25, 0.3) is 0 Å². The van der Waals surface area contributed by atoms with Gasteiger partial charge in [-0.3, -0.25) is 0 Å². The summed E-state index contributed by atoms with van der Waals surface area (Å²) in [6, 6.07) is 10.9. The molecule has 1 unspecified atom stereocenters. The summed E-state index contributed by atoms with van der Waals surface area (Å²) in [6.07, 6.45) is 1.70. The number of pyridine rings is 1. The summed E-state index contributed by atoms with van der Waals surface area (Å²) in [7, 11) is 3.05. The number of hydrogen-bond donors (Lipinski definition) is 2. The van der Waals surface area contributed by atoms with Crippen molar-refractivity contribution < 1.29 is 14.6 Å². The monoisotopic (exact) mass is 286 g/mol. The summed E-state index contributed by atoms with van der Waals surface area (Å²) in [5.74, 6) is 0.0583. The summed E-state index contributed by atoms with van der Waals surface area (Å²) in [6.45, 7) is 1.42. The number of aromatic nitrogens is 1. The fourth-order valence-corrected chi connectivity index (χ4v) is 2.06. The zero-order valence-electron chi connectivity index (χ0n) is 12.3. The van der Waals surface area contributed by atoms with Crippen molar-refractivity contribution in [3.05, 3.63) is 48.2 Å². The van der Waals surface area contributed by atoms with Crippen molar-refractivity contribution in [1.82, 2.24) is 4.98 Å². The normalized spacial score (nSPS) is 13.3. The van der Waals surface area contributed by atoms with Gasteiger partial charge in [0.2, 0.25) is 0 Å². The summed E-state index contributed by atoms with van der Waals surface area (Å²) >= 11 is 0. The van der Waals surface area contributed by atoms with E-state index in [0.717, 1.165) is 16.9 Å². The number of rotatable bonds is 4. The molecule has 0 saturated heterocycles. The molecule has 1 atom stereocenters. The molecular weight excluding hydrogens is 268 g/mol. The van der Waals surface area contributed by atoms with Crippen LogP contribution in [0.3, 0.4) is 0 Å². The Kier molecular flexibility index (Phi) is 4.23. The fourth-order valence-electron chi connectivity index (χ4n) is 2.06. The van der Waals surface area contributed by atoms with E-state index in [4.69, 9.17) is 0 Å². The number of aliphatic hydroxyl groups is 1. The Labute approximate surface area is 123 Å². The molecule has 1 aromatic carbocycles. The van der Waals surface area contributed by atoms with E-state index in [0.29, 0.717) is 5.56 Å². The van der Waals surface area contributed by atoms with Gasteiger partial charge < -0.3 is 15.2 Å². The highest BCUT2D eigenvalue weighted by Gasteiger charge is 2.33. The number of nitrogens with zero attached hydrogens (tertiary/aromatic N) is 1. The number of carbonyl (C=O) groups excluding carboxylic acids is 1. The molecule has 2 rings (SSSR count). The summed E-state index contributed by atoms with van der Waals surface area (Å²) < 4.78 is 4.64. The third kappa shape index (κ3) is 3.03. The van der Waals surface area contributed by atoms with Crippen molar-refractivity contribution in [3.63, 3.8) is 0 Å². The number of esters is 1. The third-order valence-electron chi connectivity index (χ3n) is 3.36. The maximum atomic E-state index is 11.7. The lowest BCUT2D eigenvalue weighted by atomic mass is 9.93. The highest BCUT2D eigenvalue weighted by atomic mass is 16.5. The van der Waals surface area contributed by atoms with Gasteiger partial charge in [-0.2, -0.15) is 0 Å². The Hall–Kier alpha value is -2.40. The van der Waals surface area contributed by atoms with Crippen molar-refractivity contribution in [2.24, 2.45) is 0 Å². The predicted molar refractivity (Wildman–Crippen MR) is 80.8 cm³/mol. The molecule has 0 aliphatic carbocycles. The zero-order chi connectivity index (χ0) is 15.5. The molecule has 0 spiro atoms. The first-order valence-corrected chi connectivity index (χ1v) is 6.54. The summed E-state index contributed by atoms with van der Waals surface area (Å²) in [5.41, 5.74) is 0.631. The van der Waals surface area contributed by atoms with Crippen LogP contribution < -0.4 is 5.32 Å². The Balaban J connectivity index is 2.44. The average molecular weight is 286 g/mol. The van der Waals surface area contributed by atoms with Crippen LogP contribution in [0.4, 0.5) is 5.82 Å². The van der Waals surface area contributed by atoms with Crippen molar-refractivity contribution >= 4 is 11.8 Å². The van der Waals surface area contributed by atoms with E-state index in [1.54, 1.807) is 31.4 Å². The fraction of sp³-hybridized carbons (Fsp3) is 0.250. The minimum Gasteiger partial charge on any atom is -0.467 e. The second-order valence-corrected chi connectivity index (χ2v) is 4.82.